The predicted octanol–water partition coefficient (Wildman–Crippen LogP) is 4.00. The summed E-state index contributed by atoms with van der Waals surface area (Å²) in [6.45, 7) is 5.50. The topological polar surface area (TPSA) is 59.4 Å². The van der Waals surface area contributed by atoms with Crippen molar-refractivity contribution < 1.29 is 14.9 Å². The summed E-state index contributed by atoms with van der Waals surface area (Å²) in [6.07, 6.45) is -1.50. The maximum Gasteiger partial charge on any atom is 0.109 e. The minimum atomic E-state index is -0.716. The molecule has 204 valence electrons. The average Bonchev–Trinajstić information content (AvgIpc) is 3.11. The summed E-state index contributed by atoms with van der Waals surface area (Å²) in [6, 6.07) is 15.6. The quantitative estimate of drug-likeness (QED) is 0.476. The molecule has 4 atom stereocenters. The van der Waals surface area contributed by atoms with Gasteiger partial charge in [0.1, 0.15) is 12.2 Å². The maximum atomic E-state index is 11.0. The first-order valence-corrected chi connectivity index (χ1v) is 12.3. The van der Waals surface area contributed by atoms with Gasteiger partial charge in [0.05, 0.1) is 18.8 Å². The predicted molar refractivity (Wildman–Crippen MR) is 153 cm³/mol. The van der Waals surface area contributed by atoms with Gasteiger partial charge in [0.15, 0.2) is 0 Å². The molecule has 0 aliphatic carbocycles. The number of rotatable bonds is 8. The van der Waals surface area contributed by atoms with E-state index in [1.165, 1.54) is 0 Å². The number of hydrogen-bond acceptors (Lipinski definition) is 6. The van der Waals surface area contributed by atoms with Crippen molar-refractivity contribution in [2.75, 3.05) is 46.4 Å². The Kier molecular flexibility index (Phi) is 14.9. The molecule has 6 nitrogen and oxygen atoms in total. The zero-order valence-corrected chi connectivity index (χ0v) is 24.2. The highest BCUT2D eigenvalue weighted by Crippen LogP contribution is 2.28. The summed E-state index contributed by atoms with van der Waals surface area (Å²) in [4.78, 5) is 6.93. The fraction of sp³-hybridized carbons (Fsp3) is 0.520. The lowest BCUT2D eigenvalue weighted by molar-refractivity contribution is -0.0330. The van der Waals surface area contributed by atoms with Crippen molar-refractivity contribution >= 4 is 60.4 Å². The van der Waals surface area contributed by atoms with E-state index in [2.05, 4.69) is 27.8 Å². The number of aliphatic hydroxyl groups excluding tert-OH is 2. The van der Waals surface area contributed by atoms with Gasteiger partial charge < -0.3 is 19.8 Å². The van der Waals surface area contributed by atoms with Gasteiger partial charge in [-0.15, -0.1) is 37.2 Å². The smallest absolute Gasteiger partial charge is 0.109 e. The van der Waals surface area contributed by atoms with E-state index in [-0.39, 0.29) is 56.0 Å². The SMILES string of the molecule is CN1CCN([C@@H]2[C@H](O)[C@H](CO)O[C@@H]2CN(Cc2ccc(Cl)cc2)Cc2cccc(Cl)c2)CC1.Cl.Cl.Cl. The highest BCUT2D eigenvalue weighted by Gasteiger charge is 2.47. The summed E-state index contributed by atoms with van der Waals surface area (Å²) in [5, 5.41) is 22.2. The van der Waals surface area contributed by atoms with Crippen molar-refractivity contribution in [3.63, 3.8) is 0 Å². The van der Waals surface area contributed by atoms with E-state index >= 15 is 0 Å². The molecular formula is C25H36Cl5N3O3. The maximum absolute atomic E-state index is 11.0. The molecule has 2 aliphatic heterocycles. The van der Waals surface area contributed by atoms with Crippen molar-refractivity contribution in [1.29, 1.82) is 0 Å². The van der Waals surface area contributed by atoms with E-state index in [1.807, 2.05) is 42.5 Å². The van der Waals surface area contributed by atoms with Crippen LogP contribution in [0.5, 0.6) is 0 Å². The molecule has 2 aliphatic rings. The van der Waals surface area contributed by atoms with Gasteiger partial charge in [-0.3, -0.25) is 9.80 Å². The Balaban J connectivity index is 0.00000216. The molecule has 2 N–H and O–H groups in total. The Morgan fingerprint density at radius 1 is 0.889 bits per heavy atom. The molecule has 36 heavy (non-hydrogen) atoms. The standard InChI is InChI=1S/C25H33Cl2N3O3.3ClH/c1-28-9-11-30(12-10-28)24-22(33-23(17-31)25(24)32)16-29(14-18-5-7-20(26)8-6-18)15-19-3-2-4-21(27)13-19;;;/h2-8,13,22-25,31-32H,9-12,14-17H2,1H3;3*1H/t22-,23+,24+,25-;;;/m1.../s1. The van der Waals surface area contributed by atoms with E-state index in [4.69, 9.17) is 27.9 Å². The summed E-state index contributed by atoms with van der Waals surface area (Å²) in [7, 11) is 2.12. The van der Waals surface area contributed by atoms with Gasteiger partial charge in [0, 0.05) is 55.9 Å². The fourth-order valence-corrected chi connectivity index (χ4v) is 5.22. The van der Waals surface area contributed by atoms with Crippen LogP contribution in [0.25, 0.3) is 0 Å². The number of ether oxygens (including phenoxy) is 1. The summed E-state index contributed by atoms with van der Waals surface area (Å²) < 4.78 is 6.22. The van der Waals surface area contributed by atoms with E-state index in [0.29, 0.717) is 29.7 Å². The molecule has 2 fully saturated rings. The summed E-state index contributed by atoms with van der Waals surface area (Å²) in [5.41, 5.74) is 2.26. The number of hydrogen-bond donors (Lipinski definition) is 2. The van der Waals surface area contributed by atoms with Gasteiger partial charge >= 0.3 is 0 Å². The number of benzene rings is 2. The number of nitrogens with zero attached hydrogens (tertiary/aromatic N) is 3. The molecule has 0 bridgehead atoms. The minimum absolute atomic E-state index is 0. The van der Waals surface area contributed by atoms with E-state index < -0.39 is 12.2 Å². The number of halogens is 5. The van der Waals surface area contributed by atoms with Gasteiger partial charge in [-0.25, -0.2) is 0 Å². The zero-order valence-electron chi connectivity index (χ0n) is 20.2. The molecule has 0 amide bonds. The van der Waals surface area contributed by atoms with Gasteiger partial charge in [-0.05, 0) is 42.4 Å². The largest absolute Gasteiger partial charge is 0.394 e. The van der Waals surface area contributed by atoms with Crippen LogP contribution >= 0.6 is 60.4 Å². The molecule has 2 aromatic carbocycles. The Bertz CT molecular complexity index is 903. The Labute approximate surface area is 242 Å². The zero-order chi connectivity index (χ0) is 23.4. The second-order valence-electron chi connectivity index (χ2n) is 9.14. The molecule has 0 saturated carbocycles. The van der Waals surface area contributed by atoms with E-state index in [0.717, 1.165) is 37.3 Å². The molecular weight excluding hydrogens is 568 g/mol. The molecule has 0 spiro atoms. The van der Waals surface area contributed by atoms with Crippen molar-refractivity contribution in [1.82, 2.24) is 14.7 Å². The van der Waals surface area contributed by atoms with Crippen LogP contribution in [0.3, 0.4) is 0 Å². The summed E-state index contributed by atoms with van der Waals surface area (Å²) in [5.74, 6) is 0. The summed E-state index contributed by atoms with van der Waals surface area (Å²) >= 11 is 12.3. The highest BCUT2D eigenvalue weighted by molar-refractivity contribution is 6.30. The van der Waals surface area contributed by atoms with Crippen molar-refractivity contribution in [2.45, 2.75) is 37.4 Å². The molecule has 11 heteroatoms. The lowest BCUT2D eigenvalue weighted by Gasteiger charge is -2.40. The van der Waals surface area contributed by atoms with Crippen LogP contribution in [-0.2, 0) is 17.8 Å². The normalized spacial score (nSPS) is 24.6. The Hall–Kier alpha value is -0.350. The molecule has 2 heterocycles. The third-order valence-corrected chi connectivity index (χ3v) is 7.14. The van der Waals surface area contributed by atoms with Crippen LogP contribution in [-0.4, -0.2) is 95.6 Å². The van der Waals surface area contributed by atoms with Gasteiger partial charge in [0.2, 0.25) is 0 Å². The minimum Gasteiger partial charge on any atom is -0.394 e. The first-order chi connectivity index (χ1) is 15.9. The number of piperazine rings is 1. The second-order valence-corrected chi connectivity index (χ2v) is 10.0. The van der Waals surface area contributed by atoms with Crippen LogP contribution in [0.2, 0.25) is 10.0 Å². The molecule has 4 rings (SSSR count). The lowest BCUT2D eigenvalue weighted by atomic mass is 10.0. The first kappa shape index (κ1) is 33.7. The second kappa shape index (κ2) is 15.9. The van der Waals surface area contributed by atoms with Gasteiger partial charge in [-0.1, -0.05) is 47.5 Å². The van der Waals surface area contributed by atoms with Gasteiger partial charge in [-0.2, -0.15) is 0 Å². The Morgan fingerprint density at radius 3 is 2.14 bits per heavy atom. The van der Waals surface area contributed by atoms with Crippen LogP contribution in [0.15, 0.2) is 48.5 Å². The highest BCUT2D eigenvalue weighted by atomic mass is 35.5. The lowest BCUT2D eigenvalue weighted by Crippen LogP contribution is -2.56. The molecule has 0 aromatic heterocycles. The number of aliphatic hydroxyl groups is 2. The molecule has 2 saturated heterocycles. The monoisotopic (exact) mass is 601 g/mol. The van der Waals surface area contributed by atoms with Crippen molar-refractivity contribution in [2.24, 2.45) is 0 Å². The third-order valence-electron chi connectivity index (χ3n) is 6.65. The van der Waals surface area contributed by atoms with E-state index in [1.54, 1.807) is 0 Å². The fourth-order valence-electron chi connectivity index (χ4n) is 4.88. The van der Waals surface area contributed by atoms with Crippen molar-refractivity contribution in [3.8, 4) is 0 Å². The van der Waals surface area contributed by atoms with Gasteiger partial charge in [0.25, 0.3) is 0 Å². The first-order valence-electron chi connectivity index (χ1n) is 11.5. The molecule has 0 radical (unpaired) electrons. The third kappa shape index (κ3) is 8.85. The molecule has 0 unspecified atom stereocenters. The molecule has 2 aromatic rings. The number of likely N-dealkylation sites (N-methyl/N-ethyl adjacent to an activating group) is 1. The average molecular weight is 604 g/mol. The Morgan fingerprint density at radius 2 is 1.53 bits per heavy atom. The van der Waals surface area contributed by atoms with Crippen LogP contribution < -0.4 is 0 Å². The van der Waals surface area contributed by atoms with Crippen molar-refractivity contribution in [3.05, 3.63) is 69.7 Å². The van der Waals surface area contributed by atoms with E-state index in [9.17, 15) is 10.2 Å². The van der Waals surface area contributed by atoms with Crippen LogP contribution in [0, 0.1) is 0 Å². The van der Waals surface area contributed by atoms with Crippen LogP contribution in [0.4, 0.5) is 0 Å². The van der Waals surface area contributed by atoms with Crippen LogP contribution in [0.1, 0.15) is 11.1 Å².